The molecule has 8 nitrogen and oxygen atoms in total. The lowest BCUT2D eigenvalue weighted by molar-refractivity contribution is 0.0464. The summed E-state index contributed by atoms with van der Waals surface area (Å²) in [5, 5.41) is 12.9. The van der Waals surface area contributed by atoms with E-state index in [1.807, 2.05) is 13.0 Å². The van der Waals surface area contributed by atoms with Crippen molar-refractivity contribution in [2.75, 3.05) is 19.6 Å². The molecule has 1 aliphatic heterocycles. The minimum Gasteiger partial charge on any atom is -0.484 e. The van der Waals surface area contributed by atoms with Crippen LogP contribution in [-0.4, -0.2) is 52.4 Å². The number of fused-ring (bicyclic) bond motifs is 1. The zero-order chi connectivity index (χ0) is 22.6. The second-order valence-electron chi connectivity index (χ2n) is 8.69. The Morgan fingerprint density at radius 3 is 2.87 bits per heavy atom. The van der Waals surface area contributed by atoms with Crippen LogP contribution in [0.5, 0.6) is 5.75 Å². The summed E-state index contributed by atoms with van der Waals surface area (Å²) in [5.41, 5.74) is 2.66. The highest BCUT2D eigenvalue weighted by Gasteiger charge is 2.23. The van der Waals surface area contributed by atoms with Crippen LogP contribution in [0.3, 0.4) is 0 Å². The smallest absolute Gasteiger partial charge is 0.407 e. The first kappa shape index (κ1) is 23.6. The lowest BCUT2D eigenvalue weighted by Gasteiger charge is -2.31. The molecule has 0 saturated carbocycles. The molecule has 0 bridgehead atoms. The van der Waals surface area contributed by atoms with Crippen molar-refractivity contribution in [2.45, 2.75) is 59.0 Å². The second-order valence-corrected chi connectivity index (χ2v) is 9.48. The molecular formula is C22H30BrN3O5. The first-order valence-corrected chi connectivity index (χ1v) is 11.1. The van der Waals surface area contributed by atoms with E-state index in [1.165, 1.54) is 17.5 Å². The van der Waals surface area contributed by atoms with E-state index in [0.29, 0.717) is 18.9 Å². The molecule has 0 saturated heterocycles. The van der Waals surface area contributed by atoms with Gasteiger partial charge in [-0.2, -0.15) is 0 Å². The summed E-state index contributed by atoms with van der Waals surface area (Å²) in [6.07, 6.45) is 1.06. The summed E-state index contributed by atoms with van der Waals surface area (Å²) >= 11 is 3.68. The molecule has 1 aromatic carbocycles. The van der Waals surface area contributed by atoms with Gasteiger partial charge in [0.15, 0.2) is 12.2 Å². The van der Waals surface area contributed by atoms with Crippen LogP contribution in [0.1, 0.15) is 43.4 Å². The first-order chi connectivity index (χ1) is 14.6. The van der Waals surface area contributed by atoms with Gasteiger partial charge in [0, 0.05) is 26.2 Å². The standard InChI is InChI=1S/C22H30BrN3O5/c1-14-19(30-13-25-14)12-29-18-6-5-15-10-26(8-7-17(15)20(18)23)11-16(27)9-24-21(28)31-22(2,3)4/h5-6,13,16,27H,7-12H2,1-4H3,(H,24,28)/t16-/m0/s1. The molecule has 0 spiro atoms. The molecule has 1 aliphatic rings. The predicted molar refractivity (Wildman–Crippen MR) is 119 cm³/mol. The molecule has 2 aromatic rings. The number of carbonyl (C=O) groups is 1. The molecule has 1 atom stereocenters. The lowest BCUT2D eigenvalue weighted by atomic mass is 9.99. The van der Waals surface area contributed by atoms with Gasteiger partial charge in [0.1, 0.15) is 18.0 Å². The van der Waals surface area contributed by atoms with E-state index < -0.39 is 17.8 Å². The van der Waals surface area contributed by atoms with Gasteiger partial charge >= 0.3 is 6.09 Å². The molecule has 0 radical (unpaired) electrons. The number of amides is 1. The number of halogens is 1. The summed E-state index contributed by atoms with van der Waals surface area (Å²) < 4.78 is 17.4. The number of β-amino-alcohol motifs (C(OH)–C–C–N with tert-alkyl or cyclic N) is 1. The minimum atomic E-state index is -0.676. The zero-order valence-electron chi connectivity index (χ0n) is 18.4. The second kappa shape index (κ2) is 10.0. The van der Waals surface area contributed by atoms with E-state index >= 15 is 0 Å². The molecule has 9 heteroatoms. The number of benzene rings is 1. The molecular weight excluding hydrogens is 466 g/mol. The van der Waals surface area contributed by atoms with Crippen molar-refractivity contribution in [1.29, 1.82) is 0 Å². The maximum absolute atomic E-state index is 11.8. The number of aliphatic hydroxyl groups excluding tert-OH is 1. The van der Waals surface area contributed by atoms with Gasteiger partial charge in [0.25, 0.3) is 0 Å². The highest BCUT2D eigenvalue weighted by molar-refractivity contribution is 9.10. The monoisotopic (exact) mass is 495 g/mol. The summed E-state index contributed by atoms with van der Waals surface area (Å²) in [5.74, 6) is 1.48. The zero-order valence-corrected chi connectivity index (χ0v) is 20.0. The normalized spacial score (nSPS) is 15.3. The third-order valence-electron chi connectivity index (χ3n) is 4.93. The van der Waals surface area contributed by atoms with Gasteiger partial charge in [-0.3, -0.25) is 4.90 Å². The summed E-state index contributed by atoms with van der Waals surface area (Å²) in [6, 6.07) is 4.00. The number of aryl methyl sites for hydroxylation is 1. The molecule has 0 aliphatic carbocycles. The van der Waals surface area contributed by atoms with Crippen molar-refractivity contribution >= 4 is 22.0 Å². The number of rotatable bonds is 7. The number of nitrogens with zero attached hydrogens (tertiary/aromatic N) is 2. The van der Waals surface area contributed by atoms with Crippen molar-refractivity contribution in [3.63, 3.8) is 0 Å². The third kappa shape index (κ3) is 6.69. The number of hydrogen-bond donors (Lipinski definition) is 2. The molecule has 3 rings (SSSR count). The molecule has 1 aromatic heterocycles. The number of ether oxygens (including phenoxy) is 2. The van der Waals surface area contributed by atoms with Crippen LogP contribution in [0.15, 0.2) is 27.4 Å². The fourth-order valence-corrected chi connectivity index (χ4v) is 4.10. The Morgan fingerprint density at radius 2 is 2.19 bits per heavy atom. The van der Waals surface area contributed by atoms with Crippen molar-refractivity contribution in [3.05, 3.63) is 45.6 Å². The molecule has 0 fully saturated rings. The lowest BCUT2D eigenvalue weighted by Crippen LogP contribution is -2.43. The van der Waals surface area contributed by atoms with Gasteiger partial charge in [0.05, 0.1) is 16.3 Å². The van der Waals surface area contributed by atoms with Crippen LogP contribution in [-0.2, 0) is 24.3 Å². The SMILES string of the molecule is Cc1ncoc1COc1ccc2c(c1Br)CCN(C[C@@H](O)CNC(=O)OC(C)(C)C)C2. The van der Waals surface area contributed by atoms with Crippen molar-refractivity contribution in [1.82, 2.24) is 15.2 Å². The van der Waals surface area contributed by atoms with Crippen LogP contribution in [0.2, 0.25) is 0 Å². The van der Waals surface area contributed by atoms with Crippen LogP contribution >= 0.6 is 15.9 Å². The van der Waals surface area contributed by atoms with E-state index in [-0.39, 0.29) is 6.54 Å². The van der Waals surface area contributed by atoms with E-state index in [9.17, 15) is 9.90 Å². The van der Waals surface area contributed by atoms with Gasteiger partial charge in [-0.15, -0.1) is 0 Å². The summed E-state index contributed by atoms with van der Waals surface area (Å²) in [4.78, 5) is 18.0. The predicted octanol–water partition coefficient (Wildman–Crippen LogP) is 3.57. The Balaban J connectivity index is 1.52. The molecule has 31 heavy (non-hydrogen) atoms. The maximum atomic E-state index is 11.8. The average molecular weight is 496 g/mol. The summed E-state index contributed by atoms with van der Waals surface area (Å²) in [6.45, 7) is 9.76. The van der Waals surface area contributed by atoms with E-state index in [4.69, 9.17) is 13.9 Å². The molecule has 2 heterocycles. The Morgan fingerprint density at radius 1 is 1.42 bits per heavy atom. The van der Waals surface area contributed by atoms with Crippen LogP contribution < -0.4 is 10.1 Å². The Bertz CT molecular complexity index is 909. The number of alkyl carbamates (subject to hydrolysis) is 1. The van der Waals surface area contributed by atoms with Crippen LogP contribution in [0.4, 0.5) is 4.79 Å². The topological polar surface area (TPSA) is 97.1 Å². The highest BCUT2D eigenvalue weighted by Crippen LogP contribution is 2.35. The van der Waals surface area contributed by atoms with Gasteiger partial charge < -0.3 is 24.3 Å². The number of nitrogens with one attached hydrogen (secondary N) is 1. The molecule has 170 valence electrons. The van der Waals surface area contributed by atoms with Gasteiger partial charge in [-0.05, 0) is 67.2 Å². The van der Waals surface area contributed by atoms with E-state index in [0.717, 1.165) is 35.4 Å². The quantitative estimate of drug-likeness (QED) is 0.605. The Hall–Kier alpha value is -2.10. The van der Waals surface area contributed by atoms with Gasteiger partial charge in [0.2, 0.25) is 0 Å². The maximum Gasteiger partial charge on any atom is 0.407 e. The highest BCUT2D eigenvalue weighted by atomic mass is 79.9. The summed E-state index contributed by atoms with van der Waals surface area (Å²) in [7, 11) is 0. The van der Waals surface area contributed by atoms with Crippen LogP contribution in [0.25, 0.3) is 0 Å². The first-order valence-electron chi connectivity index (χ1n) is 10.3. The third-order valence-corrected chi connectivity index (χ3v) is 5.80. The largest absolute Gasteiger partial charge is 0.484 e. The average Bonchev–Trinajstić information content (AvgIpc) is 3.09. The minimum absolute atomic E-state index is 0.149. The number of aromatic nitrogens is 1. The van der Waals surface area contributed by atoms with Crippen molar-refractivity contribution in [3.8, 4) is 5.75 Å². The van der Waals surface area contributed by atoms with E-state index in [1.54, 1.807) is 20.8 Å². The van der Waals surface area contributed by atoms with Crippen LogP contribution in [0, 0.1) is 6.92 Å². The van der Waals surface area contributed by atoms with Crippen molar-refractivity contribution in [2.24, 2.45) is 0 Å². The van der Waals surface area contributed by atoms with Gasteiger partial charge in [-0.25, -0.2) is 9.78 Å². The Kier molecular flexibility index (Phi) is 7.61. The molecule has 1 amide bonds. The van der Waals surface area contributed by atoms with Crippen molar-refractivity contribution < 1.29 is 23.8 Å². The Labute approximate surface area is 191 Å². The number of oxazole rings is 1. The number of aliphatic hydroxyl groups is 1. The fourth-order valence-electron chi connectivity index (χ4n) is 3.40. The number of carbonyl (C=O) groups excluding carboxylic acids is 1. The van der Waals surface area contributed by atoms with E-state index in [2.05, 4.69) is 37.2 Å². The number of hydrogen-bond acceptors (Lipinski definition) is 7. The molecule has 0 unspecified atom stereocenters. The van der Waals surface area contributed by atoms with Gasteiger partial charge in [-0.1, -0.05) is 6.07 Å². The molecule has 2 N–H and O–H groups in total. The fraction of sp³-hybridized carbons (Fsp3) is 0.545.